The zero-order valence-corrected chi connectivity index (χ0v) is 21.0. The molecular formula is C24H38ClF2N3O. The minimum absolute atomic E-state index is 0.0302. The zero-order valence-electron chi connectivity index (χ0n) is 20.3. The largest absolute Gasteiger partial charge is 0.347 e. The number of nitrogens with one attached hydrogen (secondary N) is 2. The van der Waals surface area contributed by atoms with Crippen LogP contribution in [0.3, 0.4) is 0 Å². The molecule has 2 N–H and O–H groups in total. The van der Waals surface area contributed by atoms with Gasteiger partial charge in [-0.25, -0.2) is 8.78 Å². The first kappa shape index (κ1) is 26.0. The highest BCUT2D eigenvalue weighted by atomic mass is 35.5. The van der Waals surface area contributed by atoms with Crippen molar-refractivity contribution in [3.05, 3.63) is 34.4 Å². The van der Waals surface area contributed by atoms with E-state index in [1.165, 1.54) is 0 Å². The van der Waals surface area contributed by atoms with Gasteiger partial charge in [-0.15, -0.1) is 0 Å². The minimum atomic E-state index is -0.692. The number of carbonyl (C=O) groups is 1. The van der Waals surface area contributed by atoms with Gasteiger partial charge in [-0.05, 0) is 59.1 Å². The summed E-state index contributed by atoms with van der Waals surface area (Å²) in [4.78, 5) is 16.0. The first-order valence-electron chi connectivity index (χ1n) is 10.9. The first-order valence-corrected chi connectivity index (χ1v) is 11.3. The van der Waals surface area contributed by atoms with Gasteiger partial charge in [-0.2, -0.15) is 0 Å². The summed E-state index contributed by atoms with van der Waals surface area (Å²) in [5.74, 6) is -1.52. The smallest absolute Gasteiger partial charge is 0.238 e. The molecule has 1 aromatic carbocycles. The maximum atomic E-state index is 14.8. The van der Waals surface area contributed by atoms with Gasteiger partial charge in [0.1, 0.15) is 11.6 Å². The van der Waals surface area contributed by atoms with Crippen LogP contribution in [-0.4, -0.2) is 41.0 Å². The van der Waals surface area contributed by atoms with Crippen molar-refractivity contribution in [1.29, 1.82) is 0 Å². The highest BCUT2D eigenvalue weighted by Crippen LogP contribution is 2.37. The van der Waals surface area contributed by atoms with Crippen molar-refractivity contribution >= 4 is 17.5 Å². The predicted octanol–water partition coefficient (Wildman–Crippen LogP) is 5.31. The second-order valence-electron chi connectivity index (χ2n) is 11.7. The summed E-state index contributed by atoms with van der Waals surface area (Å²) >= 11 is 5.75. The van der Waals surface area contributed by atoms with Gasteiger partial charge in [0.25, 0.3) is 0 Å². The molecule has 31 heavy (non-hydrogen) atoms. The van der Waals surface area contributed by atoms with E-state index in [2.05, 4.69) is 57.1 Å². The number of nitrogens with zero attached hydrogens (tertiary/aromatic N) is 1. The van der Waals surface area contributed by atoms with Gasteiger partial charge in [-0.1, -0.05) is 32.4 Å². The highest BCUT2D eigenvalue weighted by Gasteiger charge is 2.47. The van der Waals surface area contributed by atoms with E-state index in [4.69, 9.17) is 11.6 Å². The molecule has 0 radical (unpaired) electrons. The van der Waals surface area contributed by atoms with E-state index in [-0.39, 0.29) is 33.5 Å². The summed E-state index contributed by atoms with van der Waals surface area (Å²) in [6.07, 6.45) is 0. The van der Waals surface area contributed by atoms with Crippen molar-refractivity contribution in [2.75, 3.05) is 13.1 Å². The van der Waals surface area contributed by atoms with Gasteiger partial charge in [0, 0.05) is 35.6 Å². The Labute approximate surface area is 191 Å². The lowest BCUT2D eigenvalue weighted by molar-refractivity contribution is -0.141. The molecule has 0 saturated carbocycles. The van der Waals surface area contributed by atoms with Crippen LogP contribution in [-0.2, 0) is 4.79 Å². The van der Waals surface area contributed by atoms with Crippen molar-refractivity contribution in [2.24, 2.45) is 11.3 Å². The summed E-state index contributed by atoms with van der Waals surface area (Å²) in [6.45, 7) is 19.9. The molecule has 1 aliphatic rings. The van der Waals surface area contributed by atoms with E-state index >= 15 is 0 Å². The van der Waals surface area contributed by atoms with Crippen molar-refractivity contribution in [3.8, 4) is 0 Å². The van der Waals surface area contributed by atoms with Crippen LogP contribution < -0.4 is 10.6 Å². The number of rotatable bonds is 5. The molecule has 0 bridgehead atoms. The number of hydrogen-bond acceptors (Lipinski definition) is 3. The fourth-order valence-corrected chi connectivity index (χ4v) is 4.83. The Balaban J connectivity index is 2.49. The third-order valence-corrected chi connectivity index (χ3v) is 6.02. The fourth-order valence-electron chi connectivity index (χ4n) is 4.68. The molecule has 0 aliphatic carbocycles. The number of halogens is 3. The lowest BCUT2D eigenvalue weighted by Gasteiger charge is -2.53. The molecule has 1 unspecified atom stereocenters. The van der Waals surface area contributed by atoms with Crippen molar-refractivity contribution in [2.45, 2.75) is 85.5 Å². The van der Waals surface area contributed by atoms with Crippen molar-refractivity contribution < 1.29 is 13.6 Å². The van der Waals surface area contributed by atoms with Crippen LogP contribution in [0.25, 0.3) is 0 Å². The molecular weight excluding hydrogens is 420 g/mol. The number of amides is 1. The third kappa shape index (κ3) is 5.96. The molecule has 4 nitrogen and oxygen atoms in total. The maximum absolute atomic E-state index is 14.8. The topological polar surface area (TPSA) is 44.4 Å². The summed E-state index contributed by atoms with van der Waals surface area (Å²) in [5.41, 5.74) is -0.846. The number of carbonyl (C=O) groups excluding carboxylic acids is 1. The lowest BCUT2D eigenvalue weighted by atomic mass is 9.79. The van der Waals surface area contributed by atoms with E-state index in [1.807, 2.05) is 20.8 Å². The summed E-state index contributed by atoms with van der Waals surface area (Å²) in [7, 11) is 0. The van der Waals surface area contributed by atoms with Crippen molar-refractivity contribution in [3.63, 3.8) is 0 Å². The van der Waals surface area contributed by atoms with Crippen LogP contribution in [0.5, 0.6) is 0 Å². The van der Waals surface area contributed by atoms with Gasteiger partial charge in [0.2, 0.25) is 5.91 Å². The van der Waals surface area contributed by atoms with Crippen LogP contribution in [0, 0.1) is 23.0 Å². The molecule has 0 spiro atoms. The average molecular weight is 458 g/mol. The second-order valence-corrected chi connectivity index (χ2v) is 12.1. The first-order chi connectivity index (χ1) is 13.9. The molecule has 0 aromatic heterocycles. The Morgan fingerprint density at radius 1 is 1.03 bits per heavy atom. The second kappa shape index (κ2) is 8.95. The average Bonchev–Trinajstić information content (AvgIpc) is 2.50. The Hall–Kier alpha value is -1.24. The molecule has 1 amide bonds. The van der Waals surface area contributed by atoms with E-state index < -0.39 is 29.1 Å². The fraction of sp³-hybridized carbons (Fsp3) is 0.708. The van der Waals surface area contributed by atoms with Crippen LogP contribution in [0.2, 0.25) is 5.02 Å². The summed E-state index contributed by atoms with van der Waals surface area (Å²) in [6, 6.07) is 0.962. The summed E-state index contributed by atoms with van der Waals surface area (Å²) in [5, 5.41) is 5.97. The van der Waals surface area contributed by atoms with Crippen molar-refractivity contribution in [1.82, 2.24) is 15.5 Å². The molecule has 1 aliphatic heterocycles. The van der Waals surface area contributed by atoms with E-state index in [9.17, 15) is 13.6 Å². The van der Waals surface area contributed by atoms with Gasteiger partial charge in [-0.3, -0.25) is 9.69 Å². The van der Waals surface area contributed by atoms with Gasteiger partial charge in [0.05, 0.1) is 17.1 Å². The normalized spacial score (nSPS) is 18.0. The van der Waals surface area contributed by atoms with E-state index in [0.717, 1.165) is 12.1 Å². The van der Waals surface area contributed by atoms with Crippen LogP contribution >= 0.6 is 11.6 Å². The Bertz CT molecular complexity index is 791. The van der Waals surface area contributed by atoms with Crippen LogP contribution in [0.4, 0.5) is 8.78 Å². The monoisotopic (exact) mass is 457 g/mol. The number of benzene rings is 1. The maximum Gasteiger partial charge on any atom is 0.238 e. The molecule has 1 fully saturated rings. The predicted molar refractivity (Wildman–Crippen MR) is 123 cm³/mol. The standard InChI is InChI=1S/C24H38ClF2N3O/c1-22(2,3)20(30(23(4,5)6)24(7,8)9)21(31)29-19(14-12-28-13-14)15-10-18(27)16(25)11-17(15)26/h10-11,14,19-20,28H,12-13H2,1-9H3,(H,29,31)/t19?,20-/m0/s1. The zero-order chi connectivity index (χ0) is 23.9. The molecule has 2 atom stereocenters. The van der Waals surface area contributed by atoms with Crippen LogP contribution in [0.15, 0.2) is 12.1 Å². The third-order valence-electron chi connectivity index (χ3n) is 5.73. The molecule has 2 rings (SSSR count). The SMILES string of the molecule is CC(C)(C)[C@H](C(=O)NC(c1cc(F)c(Cl)cc1F)C1CNC1)N(C(C)(C)C)C(C)(C)C. The lowest BCUT2D eigenvalue weighted by Crippen LogP contribution is -2.66. The molecule has 1 saturated heterocycles. The van der Waals surface area contributed by atoms with Gasteiger partial charge >= 0.3 is 0 Å². The quantitative estimate of drug-likeness (QED) is 0.589. The van der Waals surface area contributed by atoms with E-state index in [1.54, 1.807) is 0 Å². The van der Waals surface area contributed by atoms with E-state index in [0.29, 0.717) is 13.1 Å². The Morgan fingerprint density at radius 3 is 1.94 bits per heavy atom. The molecule has 1 aromatic rings. The molecule has 176 valence electrons. The number of hydrogen-bond donors (Lipinski definition) is 2. The van der Waals surface area contributed by atoms with Gasteiger partial charge in [0.15, 0.2) is 0 Å². The molecule has 7 heteroatoms. The Kier molecular flexibility index (Phi) is 7.51. The minimum Gasteiger partial charge on any atom is -0.347 e. The molecule has 1 heterocycles. The summed E-state index contributed by atoms with van der Waals surface area (Å²) < 4.78 is 29.0. The Morgan fingerprint density at radius 2 is 1.55 bits per heavy atom. The highest BCUT2D eigenvalue weighted by molar-refractivity contribution is 6.30. The van der Waals surface area contributed by atoms with Crippen LogP contribution in [0.1, 0.15) is 73.9 Å². The van der Waals surface area contributed by atoms with Gasteiger partial charge < -0.3 is 10.6 Å².